The van der Waals surface area contributed by atoms with Gasteiger partial charge >= 0.3 is 0 Å². The van der Waals surface area contributed by atoms with Gasteiger partial charge in [0.15, 0.2) is 0 Å². The first-order valence-electron chi connectivity index (χ1n) is 9.03. The predicted molar refractivity (Wildman–Crippen MR) is 94.3 cm³/mol. The van der Waals surface area contributed by atoms with Crippen LogP contribution >= 0.6 is 0 Å². The van der Waals surface area contributed by atoms with Crippen LogP contribution in [0.25, 0.3) is 0 Å². The van der Waals surface area contributed by atoms with E-state index >= 15 is 0 Å². The maximum absolute atomic E-state index is 12.0. The average molecular weight is 345 g/mol. The summed E-state index contributed by atoms with van der Waals surface area (Å²) in [7, 11) is 1.97. The Morgan fingerprint density at radius 3 is 3.04 bits per heavy atom. The number of hydrogen-bond acceptors (Lipinski definition) is 5. The lowest BCUT2D eigenvalue weighted by molar-refractivity contribution is 0.0916. The SMILES string of the molecule is CCCNC(=O)c1cc(C2CCCN(Cc3cnn(C)c3C)C2)no1. The second-order valence-electron chi connectivity index (χ2n) is 6.83. The number of rotatable bonds is 6. The van der Waals surface area contributed by atoms with Crippen molar-refractivity contribution >= 4 is 5.91 Å². The molecule has 0 aliphatic carbocycles. The first-order valence-corrected chi connectivity index (χ1v) is 9.03. The first-order chi connectivity index (χ1) is 12.1. The highest BCUT2D eigenvalue weighted by molar-refractivity contribution is 5.91. The van der Waals surface area contributed by atoms with Gasteiger partial charge in [0.1, 0.15) is 0 Å². The number of amides is 1. The maximum atomic E-state index is 12.0. The van der Waals surface area contributed by atoms with E-state index in [9.17, 15) is 4.79 Å². The van der Waals surface area contributed by atoms with Crippen molar-refractivity contribution in [1.82, 2.24) is 25.2 Å². The van der Waals surface area contributed by atoms with Crippen LogP contribution in [-0.2, 0) is 13.6 Å². The third kappa shape index (κ3) is 4.10. The second kappa shape index (κ2) is 7.82. The summed E-state index contributed by atoms with van der Waals surface area (Å²) in [6, 6.07) is 1.80. The zero-order valence-corrected chi connectivity index (χ0v) is 15.3. The lowest BCUT2D eigenvalue weighted by atomic mass is 9.94. The smallest absolute Gasteiger partial charge is 0.289 e. The predicted octanol–water partition coefficient (Wildman–Crippen LogP) is 2.24. The van der Waals surface area contributed by atoms with Crippen LogP contribution in [0.15, 0.2) is 16.8 Å². The number of nitrogens with one attached hydrogen (secondary N) is 1. The molecule has 0 saturated carbocycles. The summed E-state index contributed by atoms with van der Waals surface area (Å²) < 4.78 is 7.17. The topological polar surface area (TPSA) is 76.2 Å². The van der Waals surface area contributed by atoms with Crippen LogP contribution in [0.2, 0.25) is 0 Å². The van der Waals surface area contributed by atoms with E-state index in [1.807, 2.05) is 24.9 Å². The lowest BCUT2D eigenvalue weighted by Gasteiger charge is -2.31. The van der Waals surface area contributed by atoms with Gasteiger partial charge < -0.3 is 9.84 Å². The van der Waals surface area contributed by atoms with Gasteiger partial charge in [-0.25, -0.2) is 0 Å². The Hall–Kier alpha value is -2.15. The van der Waals surface area contributed by atoms with Crippen LogP contribution in [0.3, 0.4) is 0 Å². The number of hydrogen-bond donors (Lipinski definition) is 1. The molecule has 7 nitrogen and oxygen atoms in total. The van der Waals surface area contributed by atoms with Crippen molar-refractivity contribution in [3.8, 4) is 0 Å². The molecule has 0 aromatic carbocycles. The summed E-state index contributed by atoms with van der Waals surface area (Å²) in [6.07, 6.45) is 5.04. The van der Waals surface area contributed by atoms with Crippen molar-refractivity contribution in [2.75, 3.05) is 19.6 Å². The zero-order valence-electron chi connectivity index (χ0n) is 15.3. The monoisotopic (exact) mass is 345 g/mol. The minimum absolute atomic E-state index is 0.181. The molecule has 2 aromatic rings. The van der Waals surface area contributed by atoms with E-state index in [1.54, 1.807) is 6.07 Å². The maximum Gasteiger partial charge on any atom is 0.289 e. The Labute approximate surface area is 148 Å². The second-order valence-corrected chi connectivity index (χ2v) is 6.83. The molecule has 7 heteroatoms. The number of nitrogens with zero attached hydrogens (tertiary/aromatic N) is 4. The molecule has 3 heterocycles. The minimum Gasteiger partial charge on any atom is -0.351 e. The standard InChI is InChI=1S/C18H27N5O2/c1-4-7-19-18(24)17-9-16(21-25-17)14-6-5-8-23(11-14)12-15-10-20-22(3)13(15)2/h9-10,14H,4-8,11-12H2,1-3H3,(H,19,24). The normalized spacial score (nSPS) is 18.4. The molecule has 0 radical (unpaired) electrons. The highest BCUT2D eigenvalue weighted by Gasteiger charge is 2.26. The average Bonchev–Trinajstić information content (AvgIpc) is 3.23. The van der Waals surface area contributed by atoms with Gasteiger partial charge in [0.25, 0.3) is 5.91 Å². The van der Waals surface area contributed by atoms with Crippen LogP contribution in [-0.4, -0.2) is 45.4 Å². The van der Waals surface area contributed by atoms with Crippen molar-refractivity contribution in [3.63, 3.8) is 0 Å². The van der Waals surface area contributed by atoms with Crippen molar-refractivity contribution in [1.29, 1.82) is 0 Å². The number of carbonyl (C=O) groups excluding carboxylic acids is 1. The van der Waals surface area contributed by atoms with Crippen molar-refractivity contribution in [2.24, 2.45) is 7.05 Å². The van der Waals surface area contributed by atoms with Gasteiger partial charge in [-0.05, 0) is 32.7 Å². The Balaban J connectivity index is 1.62. The summed E-state index contributed by atoms with van der Waals surface area (Å²) in [6.45, 7) is 7.67. The molecule has 1 aliphatic heterocycles. The molecular weight excluding hydrogens is 318 g/mol. The van der Waals surface area contributed by atoms with E-state index in [2.05, 4.69) is 27.4 Å². The molecule has 1 N–H and O–H groups in total. The van der Waals surface area contributed by atoms with Gasteiger partial charge in [-0.15, -0.1) is 0 Å². The minimum atomic E-state index is -0.181. The largest absolute Gasteiger partial charge is 0.351 e. The molecule has 0 bridgehead atoms. The Morgan fingerprint density at radius 1 is 1.48 bits per heavy atom. The molecule has 136 valence electrons. The van der Waals surface area contributed by atoms with Gasteiger partial charge in [0.05, 0.1) is 11.9 Å². The summed E-state index contributed by atoms with van der Waals surface area (Å²) >= 11 is 0. The van der Waals surface area contributed by atoms with E-state index in [1.165, 1.54) is 11.3 Å². The number of piperidine rings is 1. The van der Waals surface area contributed by atoms with Crippen LogP contribution in [0, 0.1) is 6.92 Å². The van der Waals surface area contributed by atoms with Crippen LogP contribution in [0.1, 0.15) is 59.6 Å². The summed E-state index contributed by atoms with van der Waals surface area (Å²) in [5, 5.41) is 11.3. The third-order valence-corrected chi connectivity index (χ3v) is 4.94. The Bertz CT molecular complexity index is 721. The van der Waals surface area contributed by atoms with E-state index in [4.69, 9.17) is 4.52 Å². The highest BCUT2D eigenvalue weighted by atomic mass is 16.5. The molecule has 1 fully saturated rings. The quantitative estimate of drug-likeness (QED) is 0.869. The van der Waals surface area contributed by atoms with Gasteiger partial charge in [0.2, 0.25) is 5.76 Å². The molecule has 0 spiro atoms. The Kier molecular flexibility index (Phi) is 5.53. The highest BCUT2D eigenvalue weighted by Crippen LogP contribution is 2.27. The van der Waals surface area contributed by atoms with E-state index in [-0.39, 0.29) is 5.91 Å². The van der Waals surface area contributed by atoms with E-state index in [0.29, 0.717) is 18.2 Å². The Morgan fingerprint density at radius 2 is 2.32 bits per heavy atom. The van der Waals surface area contributed by atoms with Crippen LogP contribution < -0.4 is 5.32 Å². The molecule has 3 rings (SSSR count). The first kappa shape index (κ1) is 17.7. The van der Waals surface area contributed by atoms with Gasteiger partial charge in [0, 0.05) is 49.9 Å². The molecule has 1 saturated heterocycles. The fourth-order valence-corrected chi connectivity index (χ4v) is 3.29. The van der Waals surface area contributed by atoms with Gasteiger partial charge in [-0.1, -0.05) is 12.1 Å². The molecule has 1 amide bonds. The van der Waals surface area contributed by atoms with Crippen LogP contribution in [0.5, 0.6) is 0 Å². The molecule has 1 unspecified atom stereocenters. The number of likely N-dealkylation sites (tertiary alicyclic amines) is 1. The van der Waals surface area contributed by atoms with E-state index < -0.39 is 0 Å². The molecule has 1 atom stereocenters. The van der Waals surface area contributed by atoms with Crippen LogP contribution in [0.4, 0.5) is 0 Å². The van der Waals surface area contributed by atoms with Crippen molar-refractivity contribution in [3.05, 3.63) is 35.0 Å². The molecular formula is C18H27N5O2. The molecule has 25 heavy (non-hydrogen) atoms. The van der Waals surface area contributed by atoms with Crippen molar-refractivity contribution < 1.29 is 9.32 Å². The van der Waals surface area contributed by atoms with Crippen molar-refractivity contribution in [2.45, 2.75) is 45.6 Å². The number of carbonyl (C=O) groups is 1. The number of aryl methyl sites for hydroxylation is 1. The fourth-order valence-electron chi connectivity index (χ4n) is 3.29. The fraction of sp³-hybridized carbons (Fsp3) is 0.611. The summed E-state index contributed by atoms with van der Waals surface area (Å²) in [4.78, 5) is 14.4. The third-order valence-electron chi connectivity index (χ3n) is 4.94. The summed E-state index contributed by atoms with van der Waals surface area (Å²) in [5.41, 5.74) is 3.36. The zero-order chi connectivity index (χ0) is 17.8. The number of aromatic nitrogens is 3. The lowest BCUT2D eigenvalue weighted by Crippen LogP contribution is -2.34. The van der Waals surface area contributed by atoms with E-state index in [0.717, 1.165) is 44.6 Å². The summed E-state index contributed by atoms with van der Waals surface area (Å²) in [5.74, 6) is 0.435. The molecule has 2 aromatic heterocycles. The van der Waals surface area contributed by atoms with Gasteiger partial charge in [-0.3, -0.25) is 14.4 Å². The van der Waals surface area contributed by atoms with Gasteiger partial charge in [-0.2, -0.15) is 5.10 Å². The molecule has 1 aliphatic rings.